The molecule has 9 rings (SSSR count). The second-order valence-corrected chi connectivity index (χ2v) is 18.6. The molecule has 0 spiro atoms. The number of rotatable bonds is 12. The first-order valence-corrected chi connectivity index (χ1v) is 24.0. The van der Waals surface area contributed by atoms with E-state index in [9.17, 15) is 59.0 Å². The number of ether oxygens (including phenoxy) is 3. The van der Waals surface area contributed by atoms with E-state index in [1.807, 2.05) is 4.98 Å². The number of aliphatic hydroxyl groups excluding tert-OH is 6. The van der Waals surface area contributed by atoms with Crippen molar-refractivity contribution in [2.45, 2.75) is 73.6 Å². The largest absolute Gasteiger partial charge is 0.492 e. The second-order valence-electron chi connectivity index (χ2n) is 14.9. The summed E-state index contributed by atoms with van der Waals surface area (Å²) in [6, 6.07) is 0. The third-order valence-electron chi connectivity index (χ3n) is 10.2. The van der Waals surface area contributed by atoms with Gasteiger partial charge in [-0.25, -0.2) is 48.4 Å². The normalized spacial score (nSPS) is 28.3. The fraction of sp³-hybridized carbons (Fsp3) is 0.500. The molecule has 17 N–H and O–H groups in total. The Kier molecular flexibility index (Phi) is 15.4. The summed E-state index contributed by atoms with van der Waals surface area (Å²) in [5, 5.41) is 69.7. The molecule has 0 radical (unpaired) electrons. The van der Waals surface area contributed by atoms with Crippen molar-refractivity contribution in [2.24, 2.45) is 0 Å². The minimum Gasteiger partial charge on any atom is -0.492 e. The number of hydrogen-bond acceptors (Lipinski definition) is 26. The molecule has 6 aromatic heterocycles. The topological polar surface area (TPSA) is 566 Å². The number of aromatic nitrogens is 12. The fourth-order valence-corrected chi connectivity index (χ4v) is 8.05. The monoisotopic (exact) mass is 1060 g/mol. The van der Waals surface area contributed by atoms with E-state index in [0.29, 0.717) is 5.52 Å². The maximum atomic E-state index is 11.6. The van der Waals surface area contributed by atoms with E-state index in [1.165, 1.54) is 28.1 Å². The van der Waals surface area contributed by atoms with Crippen molar-refractivity contribution in [2.75, 3.05) is 25.6 Å². The lowest BCUT2D eigenvalue weighted by Crippen LogP contribution is -2.33. The summed E-state index contributed by atoms with van der Waals surface area (Å²) >= 11 is 0. The number of H-pyrrole nitrogens is 2. The lowest BCUT2D eigenvalue weighted by molar-refractivity contribution is -0.0504. The molecular formula is C30H40N13O24P3. The minimum absolute atomic E-state index is 0.0449. The van der Waals surface area contributed by atoms with Gasteiger partial charge in [-0.2, -0.15) is 4.98 Å². The predicted molar refractivity (Wildman–Crippen MR) is 219 cm³/mol. The highest BCUT2D eigenvalue weighted by molar-refractivity contribution is 7.46. The Morgan fingerprint density at radius 2 is 0.929 bits per heavy atom. The number of aromatic hydroxyl groups is 1. The maximum absolute atomic E-state index is 11.6. The zero-order valence-corrected chi connectivity index (χ0v) is 37.3. The van der Waals surface area contributed by atoms with Crippen LogP contribution in [-0.4, -0.2) is 198 Å². The smallest absolute Gasteiger partial charge is 0.469 e. The van der Waals surface area contributed by atoms with Gasteiger partial charge in [0.15, 0.2) is 46.8 Å². The summed E-state index contributed by atoms with van der Waals surface area (Å²) in [6.45, 7) is -1.89. The highest BCUT2D eigenvalue weighted by atomic mass is 31.2. The summed E-state index contributed by atoms with van der Waals surface area (Å²) in [4.78, 5) is 106. The van der Waals surface area contributed by atoms with Gasteiger partial charge in [0.1, 0.15) is 78.8 Å². The van der Waals surface area contributed by atoms with Gasteiger partial charge in [0, 0.05) is 0 Å². The van der Waals surface area contributed by atoms with Crippen LogP contribution in [0.15, 0.2) is 41.2 Å². The van der Waals surface area contributed by atoms with Gasteiger partial charge in [0.2, 0.25) is 5.88 Å². The number of nitrogens with zero attached hydrogens (tertiary/aromatic N) is 10. The molecule has 70 heavy (non-hydrogen) atoms. The highest BCUT2D eigenvalue weighted by Gasteiger charge is 2.47. The average Bonchev–Trinajstić information content (AvgIpc) is 4.13. The van der Waals surface area contributed by atoms with Gasteiger partial charge < -0.3 is 85.1 Å². The summed E-state index contributed by atoms with van der Waals surface area (Å²) in [7, 11) is -14.2. The Balaban J connectivity index is 0.000000155. The summed E-state index contributed by atoms with van der Waals surface area (Å²) in [6.07, 6.45) is -9.77. The number of phosphoric acid groups is 3. The molecule has 0 aliphatic carbocycles. The van der Waals surface area contributed by atoms with Gasteiger partial charge in [-0.3, -0.25) is 42.0 Å². The lowest BCUT2D eigenvalue weighted by Gasteiger charge is -2.16. The van der Waals surface area contributed by atoms with E-state index < -0.39 is 128 Å². The molecule has 0 aromatic carbocycles. The molecule has 0 saturated carbocycles. The molecule has 37 nitrogen and oxygen atoms in total. The first kappa shape index (κ1) is 52.6. The zero-order chi connectivity index (χ0) is 51.2. The van der Waals surface area contributed by atoms with Gasteiger partial charge in [-0.15, -0.1) is 0 Å². The fourth-order valence-electron chi connectivity index (χ4n) is 7.03. The highest BCUT2D eigenvalue weighted by Crippen LogP contribution is 2.41. The summed E-state index contributed by atoms with van der Waals surface area (Å²) < 4.78 is 64.9. The molecule has 40 heteroatoms. The molecule has 384 valence electrons. The van der Waals surface area contributed by atoms with Crippen molar-refractivity contribution in [3.8, 4) is 5.88 Å². The quantitative estimate of drug-likeness (QED) is 0.0507. The number of fused-ring (bicyclic) bond motifs is 3. The third-order valence-corrected chi connectivity index (χ3v) is 11.7. The van der Waals surface area contributed by atoms with Crippen LogP contribution in [0.3, 0.4) is 0 Å². The molecule has 3 aliphatic heterocycles. The van der Waals surface area contributed by atoms with Gasteiger partial charge in [0.05, 0.1) is 38.8 Å². The number of aliphatic hydroxyl groups is 6. The molecule has 3 aliphatic rings. The van der Waals surface area contributed by atoms with Crippen LogP contribution < -0.4 is 17.0 Å². The first-order valence-electron chi connectivity index (χ1n) is 19.4. The van der Waals surface area contributed by atoms with E-state index in [0.717, 1.165) is 17.2 Å². The predicted octanol–water partition coefficient (Wildman–Crippen LogP) is -6.46. The van der Waals surface area contributed by atoms with Crippen LogP contribution >= 0.6 is 23.5 Å². The molecular weight excluding hydrogens is 1020 g/mol. The van der Waals surface area contributed by atoms with Crippen molar-refractivity contribution >= 4 is 62.8 Å². The van der Waals surface area contributed by atoms with Gasteiger partial charge >= 0.3 is 29.2 Å². The van der Waals surface area contributed by atoms with Crippen molar-refractivity contribution < 1.29 is 107 Å². The van der Waals surface area contributed by atoms with Gasteiger partial charge in [-0.05, 0) is 0 Å². The van der Waals surface area contributed by atoms with E-state index in [4.69, 9.17) is 49.3 Å². The van der Waals surface area contributed by atoms with Gasteiger partial charge in [0.25, 0.3) is 5.56 Å². The summed E-state index contributed by atoms with van der Waals surface area (Å²) in [5.74, 6) is -0.216. The van der Waals surface area contributed by atoms with Crippen LogP contribution in [0.5, 0.6) is 5.88 Å². The van der Waals surface area contributed by atoms with Crippen molar-refractivity contribution in [3.05, 3.63) is 52.5 Å². The van der Waals surface area contributed by atoms with Crippen molar-refractivity contribution in [1.82, 2.24) is 58.6 Å². The molecule has 0 unspecified atom stereocenters. The Hall–Kier alpha value is -5.18. The van der Waals surface area contributed by atoms with E-state index >= 15 is 0 Å². The SMILES string of the molecule is Nc1ncnc2c1ncn2[C@@H]1O[C@H](COP(=O)(O)O)[C@@H](O)[C@H]1O.O=P(O)(O)OC[C@H]1O[C@@H](n2cnc3c(O)ncnc32)[C@H](O)[C@@H]1O.O=c1[nH]c(=O)c2ncn([C@@H]3O[C@H](COP(=O)(O)O)[C@@H](O)[C@H]3O)c2[nH]1. The standard InChI is InChI=1S/C10H14N5O7P.C10H13N4O9P.C10H13N4O8P/c11-8-5-9(13-2-12-8)15(3-14-5)10-7(17)6(16)4(22-10)1-21-23(18,19)20;15-5-3(1-22-24(19,20)21)23-9(6(5)16)14-2-11-4-7(14)12-10(18)13-8(4)17;15-6-4(1-21-23(18,19)20)22-10(7(6)16)14-3-13-5-8(14)11-2-12-9(5)17/h2-4,6-7,10,16-17H,1H2,(H2,11,12,13)(H2,18,19,20);2-3,5-6,9,15-16H,1H2,(H2,19,20,21)(H2,12,13,17,18);2-4,6-7,10,15-16H,1H2,(H,11,12,17)(H2,18,19,20)/t4-,6-,7-,10-;3-,5-,6-,9-;4-,6-,7-,10-/m111/s1. The van der Waals surface area contributed by atoms with Crippen LogP contribution in [0.2, 0.25) is 0 Å². The molecule has 9 heterocycles. The molecule has 12 atom stereocenters. The number of nitrogen functional groups attached to an aromatic ring is 1. The zero-order valence-electron chi connectivity index (χ0n) is 34.6. The third kappa shape index (κ3) is 11.6. The first-order chi connectivity index (χ1) is 32.7. The number of anilines is 1. The van der Waals surface area contributed by atoms with Gasteiger partial charge in [-0.1, -0.05) is 0 Å². The number of phosphoric ester groups is 3. The number of nitrogens with two attached hydrogens (primary N) is 1. The Labute approximate surface area is 385 Å². The van der Waals surface area contributed by atoms with Crippen LogP contribution in [0.1, 0.15) is 18.7 Å². The number of aromatic amines is 2. The maximum Gasteiger partial charge on any atom is 0.469 e. The average molecular weight is 1060 g/mol. The molecule has 3 fully saturated rings. The Morgan fingerprint density at radius 3 is 1.39 bits per heavy atom. The van der Waals surface area contributed by atoms with Crippen molar-refractivity contribution in [1.29, 1.82) is 0 Å². The molecule has 0 amide bonds. The Morgan fingerprint density at radius 1 is 0.543 bits per heavy atom. The second kappa shape index (κ2) is 20.5. The number of nitrogens with one attached hydrogen (secondary N) is 2. The molecule has 0 bridgehead atoms. The van der Waals surface area contributed by atoms with Crippen molar-refractivity contribution in [3.63, 3.8) is 0 Å². The van der Waals surface area contributed by atoms with E-state index in [1.54, 1.807) is 0 Å². The number of imidazole rings is 3. The van der Waals surface area contributed by atoms with Crippen LogP contribution in [0.4, 0.5) is 5.82 Å². The lowest BCUT2D eigenvalue weighted by atomic mass is 10.1. The van der Waals surface area contributed by atoms with Crippen LogP contribution in [-0.2, 0) is 41.5 Å². The molecule has 6 aromatic rings. The van der Waals surface area contributed by atoms with Crippen LogP contribution in [0.25, 0.3) is 33.5 Å². The number of hydrogen-bond donors (Lipinski definition) is 16. The Bertz CT molecular complexity index is 2950. The van der Waals surface area contributed by atoms with Crippen LogP contribution in [0, 0.1) is 0 Å². The molecule has 3 saturated heterocycles. The summed E-state index contributed by atoms with van der Waals surface area (Å²) in [5.41, 5.74) is 4.77. The minimum atomic E-state index is -4.78. The van der Waals surface area contributed by atoms with E-state index in [2.05, 4.69) is 53.4 Å². The van der Waals surface area contributed by atoms with E-state index in [-0.39, 0.29) is 39.7 Å².